The van der Waals surface area contributed by atoms with Gasteiger partial charge in [-0.3, -0.25) is 4.79 Å². The SMILES string of the molecule is CN(C)C(=O)CN=C(NCC1(C)CCCO1)NC1CCCC1. The molecule has 0 spiro atoms. The van der Waals surface area contributed by atoms with Crippen molar-refractivity contribution in [3.63, 3.8) is 0 Å². The Balaban J connectivity index is 1.90. The zero-order valence-corrected chi connectivity index (χ0v) is 14.2. The zero-order valence-electron chi connectivity index (χ0n) is 14.2. The minimum atomic E-state index is -0.121. The Morgan fingerprint density at radius 2 is 2.05 bits per heavy atom. The lowest BCUT2D eigenvalue weighted by atomic mass is 10.0. The van der Waals surface area contributed by atoms with E-state index in [2.05, 4.69) is 22.5 Å². The summed E-state index contributed by atoms with van der Waals surface area (Å²) < 4.78 is 5.80. The van der Waals surface area contributed by atoms with Crippen molar-refractivity contribution in [1.82, 2.24) is 15.5 Å². The van der Waals surface area contributed by atoms with Crippen LogP contribution in [-0.4, -0.2) is 62.2 Å². The summed E-state index contributed by atoms with van der Waals surface area (Å²) in [6, 6.07) is 0.470. The zero-order chi connectivity index (χ0) is 16.0. The largest absolute Gasteiger partial charge is 0.373 e. The van der Waals surface area contributed by atoms with Gasteiger partial charge >= 0.3 is 0 Å². The Morgan fingerprint density at radius 3 is 2.64 bits per heavy atom. The van der Waals surface area contributed by atoms with Gasteiger partial charge in [0, 0.05) is 33.3 Å². The van der Waals surface area contributed by atoms with Crippen LogP contribution in [0.25, 0.3) is 0 Å². The monoisotopic (exact) mass is 310 g/mol. The molecule has 2 aliphatic rings. The highest BCUT2D eigenvalue weighted by molar-refractivity contribution is 5.85. The first-order valence-corrected chi connectivity index (χ1v) is 8.37. The van der Waals surface area contributed by atoms with Crippen LogP contribution in [0.15, 0.2) is 4.99 Å². The van der Waals surface area contributed by atoms with E-state index in [1.165, 1.54) is 25.7 Å². The molecule has 0 radical (unpaired) electrons. The van der Waals surface area contributed by atoms with Gasteiger partial charge in [0.05, 0.1) is 5.60 Å². The summed E-state index contributed by atoms with van der Waals surface area (Å²) >= 11 is 0. The maximum absolute atomic E-state index is 11.7. The van der Waals surface area contributed by atoms with E-state index in [0.29, 0.717) is 6.04 Å². The highest BCUT2D eigenvalue weighted by atomic mass is 16.5. The second-order valence-electron chi connectivity index (χ2n) is 6.83. The second kappa shape index (κ2) is 7.81. The first-order chi connectivity index (χ1) is 10.5. The number of aliphatic imine (C=N–C) groups is 1. The molecule has 0 bridgehead atoms. The van der Waals surface area contributed by atoms with Gasteiger partial charge in [0.2, 0.25) is 5.91 Å². The maximum atomic E-state index is 11.7. The lowest BCUT2D eigenvalue weighted by molar-refractivity contribution is -0.127. The number of nitrogens with zero attached hydrogens (tertiary/aromatic N) is 2. The predicted octanol–water partition coefficient (Wildman–Crippen LogP) is 1.12. The molecule has 0 aromatic carbocycles. The first kappa shape index (κ1) is 17.1. The molecule has 1 saturated heterocycles. The number of amides is 1. The van der Waals surface area contributed by atoms with E-state index in [0.717, 1.165) is 32.0 Å². The first-order valence-electron chi connectivity index (χ1n) is 8.37. The maximum Gasteiger partial charge on any atom is 0.243 e. The molecule has 6 heteroatoms. The topological polar surface area (TPSA) is 66.0 Å². The average molecular weight is 310 g/mol. The van der Waals surface area contributed by atoms with Crippen LogP contribution >= 0.6 is 0 Å². The number of carbonyl (C=O) groups is 1. The van der Waals surface area contributed by atoms with E-state index in [1.54, 1.807) is 19.0 Å². The third-order valence-corrected chi connectivity index (χ3v) is 4.50. The number of guanidine groups is 1. The third-order valence-electron chi connectivity index (χ3n) is 4.50. The Kier molecular flexibility index (Phi) is 6.06. The molecule has 1 atom stereocenters. The van der Waals surface area contributed by atoms with Crippen LogP contribution in [0.3, 0.4) is 0 Å². The van der Waals surface area contributed by atoms with Crippen molar-refractivity contribution in [2.45, 2.75) is 57.1 Å². The Hall–Kier alpha value is -1.30. The van der Waals surface area contributed by atoms with Gasteiger partial charge in [0.25, 0.3) is 0 Å². The minimum absolute atomic E-state index is 0.0100. The van der Waals surface area contributed by atoms with Crippen molar-refractivity contribution in [3.8, 4) is 0 Å². The molecule has 1 aliphatic carbocycles. The van der Waals surface area contributed by atoms with Crippen LogP contribution in [0.4, 0.5) is 0 Å². The molecule has 126 valence electrons. The van der Waals surface area contributed by atoms with Crippen molar-refractivity contribution in [2.24, 2.45) is 4.99 Å². The van der Waals surface area contributed by atoms with E-state index in [4.69, 9.17) is 4.74 Å². The molecule has 22 heavy (non-hydrogen) atoms. The number of ether oxygens (including phenoxy) is 1. The van der Waals surface area contributed by atoms with Gasteiger partial charge in [-0.1, -0.05) is 12.8 Å². The lowest BCUT2D eigenvalue weighted by Crippen LogP contribution is -2.48. The van der Waals surface area contributed by atoms with Crippen molar-refractivity contribution in [3.05, 3.63) is 0 Å². The van der Waals surface area contributed by atoms with Gasteiger partial charge in [0.1, 0.15) is 6.54 Å². The van der Waals surface area contributed by atoms with E-state index in [1.807, 2.05) is 0 Å². The third kappa shape index (κ3) is 5.16. The summed E-state index contributed by atoms with van der Waals surface area (Å²) in [7, 11) is 3.51. The smallest absolute Gasteiger partial charge is 0.243 e. The van der Waals surface area contributed by atoms with Crippen molar-refractivity contribution in [1.29, 1.82) is 0 Å². The minimum Gasteiger partial charge on any atom is -0.373 e. The lowest BCUT2D eigenvalue weighted by Gasteiger charge is -2.26. The Morgan fingerprint density at radius 1 is 1.32 bits per heavy atom. The molecular formula is C16H30N4O2. The van der Waals surface area contributed by atoms with Gasteiger partial charge in [-0.25, -0.2) is 4.99 Å². The molecule has 1 heterocycles. The van der Waals surface area contributed by atoms with Crippen LogP contribution in [0.2, 0.25) is 0 Å². The summed E-state index contributed by atoms with van der Waals surface area (Å²) in [5.74, 6) is 0.745. The van der Waals surface area contributed by atoms with Crippen LogP contribution in [0, 0.1) is 0 Å². The fourth-order valence-corrected chi connectivity index (χ4v) is 2.95. The molecule has 1 saturated carbocycles. The summed E-state index contributed by atoms with van der Waals surface area (Å²) in [4.78, 5) is 17.8. The van der Waals surface area contributed by atoms with E-state index in [9.17, 15) is 4.79 Å². The molecule has 2 rings (SSSR count). The quantitative estimate of drug-likeness (QED) is 0.590. The molecule has 1 aliphatic heterocycles. The van der Waals surface area contributed by atoms with Crippen LogP contribution in [0.5, 0.6) is 0 Å². The highest BCUT2D eigenvalue weighted by Gasteiger charge is 2.30. The Bertz CT molecular complexity index is 397. The van der Waals surface area contributed by atoms with Crippen LogP contribution in [-0.2, 0) is 9.53 Å². The van der Waals surface area contributed by atoms with Gasteiger partial charge in [-0.05, 0) is 32.6 Å². The highest BCUT2D eigenvalue weighted by Crippen LogP contribution is 2.24. The molecule has 2 fully saturated rings. The summed E-state index contributed by atoms with van der Waals surface area (Å²) in [6.07, 6.45) is 7.06. The predicted molar refractivity (Wildman–Crippen MR) is 88.0 cm³/mol. The molecular weight excluding hydrogens is 280 g/mol. The fraction of sp³-hybridized carbons (Fsp3) is 0.875. The molecule has 1 amide bonds. The average Bonchev–Trinajstić information content (AvgIpc) is 3.13. The molecule has 1 unspecified atom stereocenters. The van der Waals surface area contributed by atoms with Crippen molar-refractivity contribution in [2.75, 3.05) is 33.8 Å². The number of hydrogen-bond donors (Lipinski definition) is 2. The van der Waals surface area contributed by atoms with Crippen molar-refractivity contribution >= 4 is 11.9 Å². The summed E-state index contributed by atoms with van der Waals surface area (Å²) in [6.45, 7) is 3.86. The molecule has 0 aromatic heterocycles. The van der Waals surface area contributed by atoms with E-state index >= 15 is 0 Å². The fourth-order valence-electron chi connectivity index (χ4n) is 2.95. The van der Waals surface area contributed by atoms with E-state index in [-0.39, 0.29) is 18.1 Å². The van der Waals surface area contributed by atoms with Gasteiger partial charge in [0.15, 0.2) is 5.96 Å². The normalized spacial score (nSPS) is 26.2. The standard InChI is InChI=1S/C16H30N4O2/c1-16(9-6-10-22-16)12-18-15(17-11-14(21)20(2)3)19-13-7-4-5-8-13/h13H,4-12H2,1-3H3,(H2,17,18,19). The van der Waals surface area contributed by atoms with Gasteiger partial charge < -0.3 is 20.3 Å². The summed E-state index contributed by atoms with van der Waals surface area (Å²) in [5, 5.41) is 6.83. The number of rotatable bonds is 5. The van der Waals surface area contributed by atoms with E-state index < -0.39 is 0 Å². The second-order valence-corrected chi connectivity index (χ2v) is 6.83. The van der Waals surface area contributed by atoms with Crippen LogP contribution in [0.1, 0.15) is 45.4 Å². The van der Waals surface area contributed by atoms with Crippen molar-refractivity contribution < 1.29 is 9.53 Å². The van der Waals surface area contributed by atoms with Crippen LogP contribution < -0.4 is 10.6 Å². The number of carbonyl (C=O) groups excluding carboxylic acids is 1. The number of hydrogen-bond acceptors (Lipinski definition) is 3. The van der Waals surface area contributed by atoms with Gasteiger partial charge in [-0.2, -0.15) is 0 Å². The Labute approximate surface area is 133 Å². The summed E-state index contributed by atoms with van der Waals surface area (Å²) in [5.41, 5.74) is -0.121. The number of nitrogens with one attached hydrogen (secondary N) is 2. The molecule has 2 N–H and O–H groups in total. The van der Waals surface area contributed by atoms with Gasteiger partial charge in [-0.15, -0.1) is 0 Å². The number of likely N-dealkylation sites (N-methyl/N-ethyl adjacent to an activating group) is 1. The molecule has 0 aromatic rings. The molecule has 6 nitrogen and oxygen atoms in total.